The van der Waals surface area contributed by atoms with E-state index in [1.807, 2.05) is 13.1 Å². The minimum absolute atomic E-state index is 0.591. The van der Waals surface area contributed by atoms with Gasteiger partial charge in [0.1, 0.15) is 5.76 Å². The van der Waals surface area contributed by atoms with Gasteiger partial charge < -0.3 is 9.73 Å². The predicted molar refractivity (Wildman–Crippen MR) is 65.5 cm³/mol. The minimum atomic E-state index is 0.591. The zero-order chi connectivity index (χ0) is 11.4. The van der Waals surface area contributed by atoms with Gasteiger partial charge in [-0.2, -0.15) is 0 Å². The van der Waals surface area contributed by atoms with Crippen LogP contribution in [0.1, 0.15) is 19.1 Å². The highest BCUT2D eigenvalue weighted by Crippen LogP contribution is 2.20. The van der Waals surface area contributed by atoms with Gasteiger partial charge in [0.25, 0.3) is 0 Å². The molecular formula is C13H22N2O. The Morgan fingerprint density at radius 1 is 1.62 bits per heavy atom. The zero-order valence-electron chi connectivity index (χ0n) is 10.3. The van der Waals surface area contributed by atoms with Gasteiger partial charge in [-0.05, 0) is 51.5 Å². The minimum Gasteiger partial charge on any atom is -0.469 e. The normalized spacial score (nSPS) is 23.8. The van der Waals surface area contributed by atoms with Gasteiger partial charge in [0.15, 0.2) is 0 Å². The van der Waals surface area contributed by atoms with Gasteiger partial charge in [-0.15, -0.1) is 0 Å². The SMILES string of the molecule is CNCC1CCN(C(C)Cc2ccco2)C1. The Balaban J connectivity index is 1.80. The quantitative estimate of drug-likeness (QED) is 0.823. The van der Waals surface area contributed by atoms with Crippen LogP contribution < -0.4 is 5.32 Å². The van der Waals surface area contributed by atoms with Gasteiger partial charge in [0.2, 0.25) is 0 Å². The van der Waals surface area contributed by atoms with Crippen LogP contribution in [-0.4, -0.2) is 37.6 Å². The highest BCUT2D eigenvalue weighted by molar-refractivity contribution is 5.00. The third kappa shape index (κ3) is 2.86. The van der Waals surface area contributed by atoms with Gasteiger partial charge in [-0.1, -0.05) is 0 Å². The van der Waals surface area contributed by atoms with E-state index in [2.05, 4.69) is 23.2 Å². The molecule has 0 spiro atoms. The molecule has 2 unspecified atom stereocenters. The average Bonchev–Trinajstić information content (AvgIpc) is 2.89. The summed E-state index contributed by atoms with van der Waals surface area (Å²) in [6.07, 6.45) is 4.11. The molecule has 0 saturated carbocycles. The average molecular weight is 222 g/mol. The molecule has 0 aromatic carbocycles. The second-order valence-electron chi connectivity index (χ2n) is 4.84. The van der Waals surface area contributed by atoms with Crippen LogP contribution in [0.3, 0.4) is 0 Å². The van der Waals surface area contributed by atoms with E-state index in [1.165, 1.54) is 19.5 Å². The Morgan fingerprint density at radius 2 is 2.50 bits per heavy atom. The first-order chi connectivity index (χ1) is 7.79. The molecule has 3 heteroatoms. The molecule has 1 saturated heterocycles. The first-order valence-corrected chi connectivity index (χ1v) is 6.20. The number of nitrogens with one attached hydrogen (secondary N) is 1. The zero-order valence-corrected chi connectivity index (χ0v) is 10.3. The molecule has 1 fully saturated rings. The van der Waals surface area contributed by atoms with E-state index in [0.29, 0.717) is 6.04 Å². The summed E-state index contributed by atoms with van der Waals surface area (Å²) >= 11 is 0. The van der Waals surface area contributed by atoms with E-state index < -0.39 is 0 Å². The van der Waals surface area contributed by atoms with Crippen LogP contribution in [0.15, 0.2) is 22.8 Å². The molecule has 90 valence electrons. The number of rotatable bonds is 5. The van der Waals surface area contributed by atoms with E-state index in [9.17, 15) is 0 Å². The lowest BCUT2D eigenvalue weighted by Gasteiger charge is -2.23. The number of furan rings is 1. The Labute approximate surface area is 97.8 Å². The van der Waals surface area contributed by atoms with Crippen LogP contribution in [0.25, 0.3) is 0 Å². The summed E-state index contributed by atoms with van der Waals surface area (Å²) in [5, 5.41) is 3.27. The molecule has 1 aliphatic rings. The van der Waals surface area contributed by atoms with Gasteiger partial charge in [0.05, 0.1) is 6.26 Å². The standard InChI is InChI=1S/C13H22N2O/c1-11(8-13-4-3-7-16-13)15-6-5-12(10-15)9-14-2/h3-4,7,11-12,14H,5-6,8-10H2,1-2H3. The van der Waals surface area contributed by atoms with E-state index in [-0.39, 0.29) is 0 Å². The van der Waals surface area contributed by atoms with E-state index in [0.717, 1.165) is 24.6 Å². The second kappa shape index (κ2) is 5.51. The fourth-order valence-electron chi connectivity index (χ4n) is 2.57. The maximum atomic E-state index is 5.40. The third-order valence-electron chi connectivity index (χ3n) is 3.51. The highest BCUT2D eigenvalue weighted by atomic mass is 16.3. The molecule has 16 heavy (non-hydrogen) atoms. The Hall–Kier alpha value is -0.800. The lowest BCUT2D eigenvalue weighted by atomic mass is 10.1. The summed E-state index contributed by atoms with van der Waals surface area (Å²) in [6.45, 7) is 5.89. The van der Waals surface area contributed by atoms with Crippen molar-refractivity contribution in [3.63, 3.8) is 0 Å². The number of hydrogen-bond acceptors (Lipinski definition) is 3. The molecule has 0 radical (unpaired) electrons. The summed E-state index contributed by atoms with van der Waals surface area (Å²) in [6, 6.07) is 4.63. The van der Waals surface area contributed by atoms with E-state index in [1.54, 1.807) is 6.26 Å². The summed E-state index contributed by atoms with van der Waals surface area (Å²) in [7, 11) is 2.04. The van der Waals surface area contributed by atoms with Crippen molar-refractivity contribution < 1.29 is 4.42 Å². The first-order valence-electron chi connectivity index (χ1n) is 6.20. The van der Waals surface area contributed by atoms with Crippen molar-refractivity contribution in [1.82, 2.24) is 10.2 Å². The molecule has 2 atom stereocenters. The molecule has 0 amide bonds. The van der Waals surface area contributed by atoms with E-state index >= 15 is 0 Å². The van der Waals surface area contributed by atoms with Crippen molar-refractivity contribution in [3.05, 3.63) is 24.2 Å². The maximum absolute atomic E-state index is 5.40. The lowest BCUT2D eigenvalue weighted by molar-refractivity contribution is 0.238. The molecule has 1 aliphatic heterocycles. The van der Waals surface area contributed by atoms with Gasteiger partial charge >= 0.3 is 0 Å². The Bertz CT molecular complexity index is 297. The summed E-state index contributed by atoms with van der Waals surface area (Å²) in [5.41, 5.74) is 0. The molecule has 1 aromatic rings. The van der Waals surface area contributed by atoms with Crippen LogP contribution in [0.5, 0.6) is 0 Å². The van der Waals surface area contributed by atoms with Gasteiger partial charge in [0, 0.05) is 19.0 Å². The second-order valence-corrected chi connectivity index (χ2v) is 4.84. The summed E-state index contributed by atoms with van der Waals surface area (Å²) in [5.74, 6) is 1.92. The smallest absolute Gasteiger partial charge is 0.105 e. The lowest BCUT2D eigenvalue weighted by Crippen LogP contribution is -2.33. The van der Waals surface area contributed by atoms with Crippen molar-refractivity contribution >= 4 is 0 Å². The Morgan fingerprint density at radius 3 is 3.19 bits per heavy atom. The summed E-state index contributed by atoms with van der Waals surface area (Å²) in [4.78, 5) is 2.57. The number of likely N-dealkylation sites (tertiary alicyclic amines) is 1. The Kier molecular flexibility index (Phi) is 4.02. The van der Waals surface area contributed by atoms with Crippen LogP contribution >= 0.6 is 0 Å². The monoisotopic (exact) mass is 222 g/mol. The summed E-state index contributed by atoms with van der Waals surface area (Å²) < 4.78 is 5.40. The van der Waals surface area contributed by atoms with Gasteiger partial charge in [-0.3, -0.25) is 4.90 Å². The topological polar surface area (TPSA) is 28.4 Å². The fourth-order valence-corrected chi connectivity index (χ4v) is 2.57. The van der Waals surface area contributed by atoms with Crippen LogP contribution in [0.4, 0.5) is 0 Å². The molecular weight excluding hydrogens is 200 g/mol. The number of nitrogens with zero attached hydrogens (tertiary/aromatic N) is 1. The molecule has 0 bridgehead atoms. The van der Waals surface area contributed by atoms with Crippen molar-refractivity contribution in [2.45, 2.75) is 25.8 Å². The van der Waals surface area contributed by atoms with Crippen LogP contribution in [0.2, 0.25) is 0 Å². The first kappa shape index (κ1) is 11.7. The highest BCUT2D eigenvalue weighted by Gasteiger charge is 2.25. The third-order valence-corrected chi connectivity index (χ3v) is 3.51. The van der Waals surface area contributed by atoms with Crippen molar-refractivity contribution in [1.29, 1.82) is 0 Å². The van der Waals surface area contributed by atoms with Crippen molar-refractivity contribution in [3.8, 4) is 0 Å². The molecule has 1 aromatic heterocycles. The van der Waals surface area contributed by atoms with E-state index in [4.69, 9.17) is 4.42 Å². The molecule has 2 rings (SSSR count). The number of hydrogen-bond donors (Lipinski definition) is 1. The molecule has 0 aliphatic carbocycles. The van der Waals surface area contributed by atoms with Gasteiger partial charge in [-0.25, -0.2) is 0 Å². The molecule has 1 N–H and O–H groups in total. The van der Waals surface area contributed by atoms with Crippen LogP contribution in [0, 0.1) is 5.92 Å². The molecule has 3 nitrogen and oxygen atoms in total. The molecule has 2 heterocycles. The maximum Gasteiger partial charge on any atom is 0.105 e. The van der Waals surface area contributed by atoms with Crippen molar-refractivity contribution in [2.75, 3.05) is 26.7 Å². The van der Waals surface area contributed by atoms with Crippen LogP contribution in [-0.2, 0) is 6.42 Å². The predicted octanol–water partition coefficient (Wildman–Crippen LogP) is 1.75. The fraction of sp³-hybridized carbons (Fsp3) is 0.692. The largest absolute Gasteiger partial charge is 0.469 e. The van der Waals surface area contributed by atoms with Crippen molar-refractivity contribution in [2.24, 2.45) is 5.92 Å².